The summed E-state index contributed by atoms with van der Waals surface area (Å²) in [6, 6.07) is 7.89. The molecular formula is C24H30N6O3. The zero-order valence-corrected chi connectivity index (χ0v) is 19.1. The number of nitriles is 1. The summed E-state index contributed by atoms with van der Waals surface area (Å²) in [5, 5.41) is 17.1. The summed E-state index contributed by atoms with van der Waals surface area (Å²) in [5.41, 5.74) is 4.42. The Morgan fingerprint density at radius 2 is 2.21 bits per heavy atom. The average molecular weight is 451 g/mol. The van der Waals surface area contributed by atoms with Gasteiger partial charge in [-0.3, -0.25) is 0 Å². The number of aryl methyl sites for hydroxylation is 1. The van der Waals surface area contributed by atoms with Crippen molar-refractivity contribution < 1.29 is 14.4 Å². The number of aromatic nitrogens is 2. The van der Waals surface area contributed by atoms with Crippen molar-refractivity contribution >= 4 is 12.0 Å². The lowest BCUT2D eigenvalue weighted by Gasteiger charge is -2.28. The standard InChI is InChI=1S/C24H30N6O3/c1-3-21(17-4-5-18(13-25)16(2)12-17)29-24(31)33-30-9-6-19-14-26-23(28-22(19)15-30)27-20-7-10-32-11-8-20/h4-5,12,14,20-21H,3,6-11,15H2,1-2H3,(H,29,31)(H,26,27,28)/t21-/m1/s1. The van der Waals surface area contributed by atoms with Crippen molar-refractivity contribution in [1.29, 1.82) is 5.26 Å². The maximum absolute atomic E-state index is 12.6. The molecule has 0 spiro atoms. The molecule has 3 heterocycles. The Bertz CT molecular complexity index is 1030. The molecule has 4 rings (SSSR count). The van der Waals surface area contributed by atoms with Crippen LogP contribution in [0.15, 0.2) is 24.4 Å². The Kier molecular flexibility index (Phi) is 7.37. The second-order valence-electron chi connectivity index (χ2n) is 8.48. The number of carbonyl (C=O) groups is 1. The van der Waals surface area contributed by atoms with Crippen LogP contribution in [0.3, 0.4) is 0 Å². The number of benzene rings is 1. The van der Waals surface area contributed by atoms with Gasteiger partial charge < -0.3 is 20.2 Å². The van der Waals surface area contributed by atoms with Crippen LogP contribution in [0.5, 0.6) is 0 Å². The number of rotatable bonds is 6. The maximum atomic E-state index is 12.6. The van der Waals surface area contributed by atoms with E-state index < -0.39 is 6.09 Å². The quantitative estimate of drug-likeness (QED) is 0.689. The molecule has 1 atom stereocenters. The van der Waals surface area contributed by atoms with Gasteiger partial charge in [0.2, 0.25) is 5.95 Å². The van der Waals surface area contributed by atoms with Gasteiger partial charge in [0, 0.05) is 32.0 Å². The second-order valence-corrected chi connectivity index (χ2v) is 8.48. The van der Waals surface area contributed by atoms with Crippen LogP contribution in [-0.2, 0) is 22.5 Å². The molecule has 33 heavy (non-hydrogen) atoms. The van der Waals surface area contributed by atoms with Gasteiger partial charge in [0.1, 0.15) is 0 Å². The van der Waals surface area contributed by atoms with Crippen molar-refractivity contribution in [2.45, 2.75) is 58.2 Å². The van der Waals surface area contributed by atoms with Gasteiger partial charge in [-0.25, -0.2) is 14.8 Å². The molecule has 2 aromatic rings. The molecule has 0 aliphatic carbocycles. The first kappa shape index (κ1) is 23.0. The first-order chi connectivity index (χ1) is 16.1. The maximum Gasteiger partial charge on any atom is 0.426 e. The van der Waals surface area contributed by atoms with Gasteiger partial charge in [0.25, 0.3) is 0 Å². The lowest BCUT2D eigenvalue weighted by Crippen LogP contribution is -2.39. The van der Waals surface area contributed by atoms with Crippen LogP contribution in [0.2, 0.25) is 0 Å². The molecule has 1 saturated heterocycles. The third-order valence-corrected chi connectivity index (χ3v) is 6.15. The molecule has 9 nitrogen and oxygen atoms in total. The molecule has 174 valence electrons. The van der Waals surface area contributed by atoms with Gasteiger partial charge >= 0.3 is 6.09 Å². The van der Waals surface area contributed by atoms with E-state index in [0.29, 0.717) is 43.5 Å². The van der Waals surface area contributed by atoms with Crippen LogP contribution in [0.1, 0.15) is 60.2 Å². The summed E-state index contributed by atoms with van der Waals surface area (Å²) in [6.07, 6.45) is 4.66. The third-order valence-electron chi connectivity index (χ3n) is 6.15. The van der Waals surface area contributed by atoms with Crippen LogP contribution in [0.4, 0.5) is 10.7 Å². The van der Waals surface area contributed by atoms with Gasteiger partial charge in [0.15, 0.2) is 0 Å². The Morgan fingerprint density at radius 3 is 2.94 bits per heavy atom. The number of nitrogens with zero attached hydrogens (tertiary/aromatic N) is 4. The van der Waals surface area contributed by atoms with E-state index in [-0.39, 0.29) is 6.04 Å². The van der Waals surface area contributed by atoms with E-state index >= 15 is 0 Å². The minimum absolute atomic E-state index is 0.196. The SMILES string of the molecule is CC[C@@H](NC(=O)ON1CCc2cnc(NC3CCOCC3)nc2C1)c1ccc(C#N)c(C)c1. The van der Waals surface area contributed by atoms with Crippen LogP contribution in [-0.4, -0.2) is 46.9 Å². The van der Waals surface area contributed by atoms with Crippen molar-refractivity contribution in [3.05, 3.63) is 52.3 Å². The Labute approximate surface area is 194 Å². The number of amides is 1. The molecule has 9 heteroatoms. The predicted octanol–water partition coefficient (Wildman–Crippen LogP) is 3.40. The summed E-state index contributed by atoms with van der Waals surface area (Å²) in [6.45, 7) is 6.40. The highest BCUT2D eigenvalue weighted by Crippen LogP contribution is 2.22. The molecule has 0 unspecified atom stereocenters. The van der Waals surface area contributed by atoms with Gasteiger partial charge in [-0.05, 0) is 55.4 Å². The molecule has 1 fully saturated rings. The minimum Gasteiger partial charge on any atom is -0.381 e. The van der Waals surface area contributed by atoms with Crippen LogP contribution >= 0.6 is 0 Å². The lowest BCUT2D eigenvalue weighted by molar-refractivity contribution is -0.112. The molecule has 0 bridgehead atoms. The normalized spacial score (nSPS) is 17.5. The molecular weight excluding hydrogens is 420 g/mol. The summed E-state index contributed by atoms with van der Waals surface area (Å²) in [4.78, 5) is 27.3. The summed E-state index contributed by atoms with van der Waals surface area (Å²) in [5.74, 6) is 0.606. The van der Waals surface area contributed by atoms with E-state index in [4.69, 9.17) is 14.8 Å². The first-order valence-electron chi connectivity index (χ1n) is 11.5. The first-order valence-corrected chi connectivity index (χ1v) is 11.5. The lowest BCUT2D eigenvalue weighted by atomic mass is 9.99. The van der Waals surface area contributed by atoms with Crippen molar-refractivity contribution in [2.75, 3.05) is 25.1 Å². The Morgan fingerprint density at radius 1 is 1.39 bits per heavy atom. The highest BCUT2D eigenvalue weighted by molar-refractivity contribution is 5.67. The smallest absolute Gasteiger partial charge is 0.381 e. The zero-order valence-electron chi connectivity index (χ0n) is 19.1. The molecule has 1 aromatic heterocycles. The van der Waals surface area contributed by atoms with Crippen molar-refractivity contribution in [3.8, 4) is 6.07 Å². The van der Waals surface area contributed by atoms with E-state index in [2.05, 4.69) is 26.7 Å². The number of anilines is 1. The van der Waals surface area contributed by atoms with Crippen molar-refractivity contribution in [1.82, 2.24) is 20.3 Å². The molecule has 1 aromatic carbocycles. The summed E-state index contributed by atoms with van der Waals surface area (Å²) < 4.78 is 5.40. The van der Waals surface area contributed by atoms with E-state index in [1.165, 1.54) is 0 Å². The minimum atomic E-state index is -0.498. The predicted molar refractivity (Wildman–Crippen MR) is 122 cm³/mol. The van der Waals surface area contributed by atoms with Crippen LogP contribution in [0, 0.1) is 18.3 Å². The van der Waals surface area contributed by atoms with Crippen LogP contribution in [0.25, 0.3) is 0 Å². The second kappa shape index (κ2) is 10.6. The van der Waals surface area contributed by atoms with Gasteiger partial charge in [0.05, 0.1) is 29.9 Å². The molecule has 1 amide bonds. The molecule has 2 aliphatic heterocycles. The van der Waals surface area contributed by atoms with Gasteiger partial charge in [-0.1, -0.05) is 19.1 Å². The van der Waals surface area contributed by atoms with Crippen LogP contribution < -0.4 is 10.6 Å². The van der Waals surface area contributed by atoms with Crippen molar-refractivity contribution in [2.24, 2.45) is 0 Å². The summed E-state index contributed by atoms with van der Waals surface area (Å²) in [7, 11) is 0. The fourth-order valence-electron chi connectivity index (χ4n) is 4.19. The van der Waals surface area contributed by atoms with E-state index in [0.717, 1.165) is 48.4 Å². The van der Waals surface area contributed by atoms with Gasteiger partial charge in [-0.2, -0.15) is 5.26 Å². The number of ether oxygens (including phenoxy) is 1. The number of fused-ring (bicyclic) bond motifs is 1. The highest BCUT2D eigenvalue weighted by Gasteiger charge is 2.24. The monoisotopic (exact) mass is 450 g/mol. The van der Waals surface area contributed by atoms with Crippen molar-refractivity contribution in [3.63, 3.8) is 0 Å². The fraction of sp³-hybridized carbons (Fsp3) is 0.500. The topological polar surface area (TPSA) is 112 Å². The highest BCUT2D eigenvalue weighted by atomic mass is 16.7. The average Bonchev–Trinajstić information content (AvgIpc) is 2.83. The number of hydroxylamine groups is 2. The fourth-order valence-corrected chi connectivity index (χ4v) is 4.19. The number of carbonyl (C=O) groups excluding carboxylic acids is 1. The molecule has 2 aliphatic rings. The Hall–Kier alpha value is -3.22. The van der Waals surface area contributed by atoms with E-state index in [1.807, 2.05) is 32.2 Å². The number of hydrogen-bond donors (Lipinski definition) is 2. The third kappa shape index (κ3) is 5.78. The van der Waals surface area contributed by atoms with E-state index in [1.54, 1.807) is 11.1 Å². The molecule has 0 radical (unpaired) electrons. The largest absolute Gasteiger partial charge is 0.426 e. The molecule has 0 saturated carbocycles. The zero-order chi connectivity index (χ0) is 23.2. The number of hydrogen-bond acceptors (Lipinski definition) is 8. The summed E-state index contributed by atoms with van der Waals surface area (Å²) >= 11 is 0. The van der Waals surface area contributed by atoms with E-state index in [9.17, 15) is 4.79 Å². The number of nitrogens with one attached hydrogen (secondary N) is 2. The van der Waals surface area contributed by atoms with Gasteiger partial charge in [-0.15, -0.1) is 5.06 Å². The Balaban J connectivity index is 1.35. The molecule has 2 N–H and O–H groups in total.